The predicted octanol–water partition coefficient (Wildman–Crippen LogP) is 1.98. The van der Waals surface area contributed by atoms with Gasteiger partial charge in [-0.15, -0.1) is 0 Å². The van der Waals surface area contributed by atoms with Crippen molar-refractivity contribution in [2.24, 2.45) is 0 Å². The number of nitrogens with zero attached hydrogens (tertiary/aromatic N) is 3. The number of furan rings is 1. The number of fused-ring (bicyclic) bond motifs is 1. The molecule has 0 bridgehead atoms. The zero-order valence-electron chi connectivity index (χ0n) is 13.4. The molecule has 0 saturated heterocycles. The van der Waals surface area contributed by atoms with Gasteiger partial charge in [-0.05, 0) is 32.0 Å². The van der Waals surface area contributed by atoms with Gasteiger partial charge in [0.15, 0.2) is 11.2 Å². The highest BCUT2D eigenvalue weighted by atomic mass is 16.5. The summed E-state index contributed by atoms with van der Waals surface area (Å²) < 4.78 is 10.6. The largest absolute Gasteiger partial charge is 0.466 e. The number of pyridine rings is 1. The van der Waals surface area contributed by atoms with E-state index < -0.39 is 5.60 Å². The summed E-state index contributed by atoms with van der Waals surface area (Å²) >= 11 is 0. The smallest absolute Gasteiger partial charge is 0.311 e. The lowest BCUT2D eigenvalue weighted by atomic mass is 9.99. The number of aliphatic hydroxyl groups is 1. The topological polar surface area (TPSA) is 98.3 Å². The molecule has 124 valence electrons. The molecule has 0 fully saturated rings. The Labute approximate surface area is 138 Å². The molecule has 0 spiro atoms. The molecule has 0 radical (unpaired) electrons. The summed E-state index contributed by atoms with van der Waals surface area (Å²) in [6, 6.07) is 6.68. The van der Waals surface area contributed by atoms with Crippen molar-refractivity contribution in [3.05, 3.63) is 53.9 Å². The van der Waals surface area contributed by atoms with Crippen LogP contribution in [0.3, 0.4) is 0 Å². The minimum atomic E-state index is -1.41. The van der Waals surface area contributed by atoms with Gasteiger partial charge in [-0.2, -0.15) is 0 Å². The predicted molar refractivity (Wildman–Crippen MR) is 85.1 cm³/mol. The molecule has 24 heavy (non-hydrogen) atoms. The number of aromatic nitrogens is 3. The number of ether oxygens (including phenoxy) is 1. The highest BCUT2D eigenvalue weighted by Crippen LogP contribution is 2.31. The summed E-state index contributed by atoms with van der Waals surface area (Å²) in [6.45, 7) is 3.68. The van der Waals surface area contributed by atoms with Gasteiger partial charge in [-0.25, -0.2) is 15.0 Å². The Morgan fingerprint density at radius 2 is 2.21 bits per heavy atom. The van der Waals surface area contributed by atoms with Crippen LogP contribution in [0.2, 0.25) is 0 Å². The molecule has 0 aliphatic carbocycles. The molecule has 0 amide bonds. The Hall–Kier alpha value is -2.80. The minimum Gasteiger partial charge on any atom is -0.466 e. The summed E-state index contributed by atoms with van der Waals surface area (Å²) in [5, 5.41) is 10.8. The highest BCUT2D eigenvalue weighted by Gasteiger charge is 2.31. The van der Waals surface area contributed by atoms with Gasteiger partial charge in [0, 0.05) is 12.3 Å². The average molecular weight is 327 g/mol. The van der Waals surface area contributed by atoms with E-state index in [2.05, 4.69) is 15.0 Å². The first-order chi connectivity index (χ1) is 11.5. The Balaban J connectivity index is 1.93. The summed E-state index contributed by atoms with van der Waals surface area (Å²) in [4.78, 5) is 23.9. The zero-order valence-corrected chi connectivity index (χ0v) is 13.4. The molecular weight excluding hydrogens is 310 g/mol. The van der Waals surface area contributed by atoms with Crippen LogP contribution in [0.4, 0.5) is 0 Å². The first kappa shape index (κ1) is 16.1. The third-order valence-corrected chi connectivity index (χ3v) is 3.62. The van der Waals surface area contributed by atoms with E-state index in [1.165, 1.54) is 6.33 Å². The van der Waals surface area contributed by atoms with Crippen molar-refractivity contribution in [1.29, 1.82) is 0 Å². The molecule has 3 aromatic heterocycles. The number of hydrogen-bond donors (Lipinski definition) is 1. The van der Waals surface area contributed by atoms with Crippen molar-refractivity contribution >= 4 is 17.1 Å². The van der Waals surface area contributed by atoms with E-state index in [0.29, 0.717) is 34.9 Å². The molecule has 0 saturated carbocycles. The number of carbonyl (C=O) groups is 1. The standard InChI is InChI=1S/C17H17N3O4/c1-3-23-16(21)8-11-4-5-13-12(20-11)9-15(24-13)17(2,22)14-6-7-18-10-19-14/h4-7,9-10,22H,3,8H2,1-2H3. The molecule has 7 nitrogen and oxygen atoms in total. The average Bonchev–Trinajstić information content (AvgIpc) is 3.00. The van der Waals surface area contributed by atoms with E-state index in [9.17, 15) is 9.90 Å². The molecule has 3 rings (SSSR count). The number of hydrogen-bond acceptors (Lipinski definition) is 7. The first-order valence-electron chi connectivity index (χ1n) is 7.55. The maximum Gasteiger partial charge on any atom is 0.311 e. The van der Waals surface area contributed by atoms with Gasteiger partial charge in [-0.1, -0.05) is 0 Å². The highest BCUT2D eigenvalue weighted by molar-refractivity contribution is 5.76. The minimum absolute atomic E-state index is 0.0899. The fourth-order valence-corrected chi connectivity index (χ4v) is 2.37. The lowest BCUT2D eigenvalue weighted by molar-refractivity contribution is -0.142. The van der Waals surface area contributed by atoms with E-state index >= 15 is 0 Å². The monoisotopic (exact) mass is 327 g/mol. The maximum absolute atomic E-state index is 11.6. The molecule has 1 N–H and O–H groups in total. The first-order valence-corrected chi connectivity index (χ1v) is 7.55. The lowest BCUT2D eigenvalue weighted by Crippen LogP contribution is -2.23. The molecule has 3 heterocycles. The molecule has 0 aromatic carbocycles. The summed E-state index contributed by atoms with van der Waals surface area (Å²) in [5.41, 5.74) is 0.664. The van der Waals surface area contributed by atoms with E-state index in [4.69, 9.17) is 9.15 Å². The van der Waals surface area contributed by atoms with Crippen LogP contribution in [0.25, 0.3) is 11.1 Å². The fraction of sp³-hybridized carbons (Fsp3) is 0.294. The van der Waals surface area contributed by atoms with E-state index in [1.54, 1.807) is 44.3 Å². The van der Waals surface area contributed by atoms with Crippen molar-refractivity contribution in [2.75, 3.05) is 6.61 Å². The van der Waals surface area contributed by atoms with Crippen LogP contribution in [0.5, 0.6) is 0 Å². The van der Waals surface area contributed by atoms with Crippen molar-refractivity contribution in [3.63, 3.8) is 0 Å². The van der Waals surface area contributed by atoms with Crippen LogP contribution >= 0.6 is 0 Å². The number of esters is 1. The Kier molecular flexibility index (Phi) is 4.26. The van der Waals surface area contributed by atoms with Gasteiger partial charge in [0.1, 0.15) is 17.6 Å². The van der Waals surface area contributed by atoms with Gasteiger partial charge in [0.2, 0.25) is 0 Å². The van der Waals surface area contributed by atoms with E-state index in [-0.39, 0.29) is 12.4 Å². The van der Waals surface area contributed by atoms with Gasteiger partial charge in [0.25, 0.3) is 0 Å². The molecule has 1 unspecified atom stereocenters. The van der Waals surface area contributed by atoms with Crippen molar-refractivity contribution in [2.45, 2.75) is 25.9 Å². The molecular formula is C17H17N3O4. The SMILES string of the molecule is CCOC(=O)Cc1ccc2oc(C(C)(O)c3ccncn3)cc2n1. The lowest BCUT2D eigenvalue weighted by Gasteiger charge is -2.19. The van der Waals surface area contributed by atoms with Gasteiger partial charge >= 0.3 is 5.97 Å². The Morgan fingerprint density at radius 3 is 2.92 bits per heavy atom. The normalized spacial score (nSPS) is 13.6. The van der Waals surface area contributed by atoms with Crippen molar-refractivity contribution < 1.29 is 19.1 Å². The Morgan fingerprint density at radius 1 is 1.38 bits per heavy atom. The zero-order chi connectivity index (χ0) is 17.2. The molecule has 0 aliphatic heterocycles. The van der Waals surface area contributed by atoms with Gasteiger partial charge in [0.05, 0.1) is 24.4 Å². The van der Waals surface area contributed by atoms with Crippen molar-refractivity contribution in [1.82, 2.24) is 15.0 Å². The van der Waals surface area contributed by atoms with Crippen LogP contribution in [0.15, 0.2) is 41.2 Å². The van der Waals surface area contributed by atoms with Gasteiger partial charge < -0.3 is 14.3 Å². The molecule has 0 aliphatic rings. The quantitative estimate of drug-likeness (QED) is 0.715. The summed E-state index contributed by atoms with van der Waals surface area (Å²) in [5.74, 6) is -0.0157. The van der Waals surface area contributed by atoms with Crippen LogP contribution in [0.1, 0.15) is 31.0 Å². The second-order valence-corrected chi connectivity index (χ2v) is 5.45. The number of carbonyl (C=O) groups excluding carboxylic acids is 1. The number of rotatable bonds is 5. The summed E-state index contributed by atoms with van der Waals surface area (Å²) in [7, 11) is 0. The second kappa shape index (κ2) is 6.37. The van der Waals surface area contributed by atoms with E-state index in [0.717, 1.165) is 0 Å². The van der Waals surface area contributed by atoms with Crippen LogP contribution < -0.4 is 0 Å². The van der Waals surface area contributed by atoms with Crippen LogP contribution in [0, 0.1) is 0 Å². The van der Waals surface area contributed by atoms with Gasteiger partial charge in [-0.3, -0.25) is 4.79 Å². The third kappa shape index (κ3) is 3.11. The second-order valence-electron chi connectivity index (χ2n) is 5.45. The Bertz CT molecular complexity index is 859. The van der Waals surface area contributed by atoms with E-state index in [1.807, 2.05) is 0 Å². The summed E-state index contributed by atoms with van der Waals surface area (Å²) in [6.07, 6.45) is 3.00. The van der Waals surface area contributed by atoms with Crippen LogP contribution in [-0.4, -0.2) is 32.6 Å². The van der Waals surface area contributed by atoms with Crippen LogP contribution in [-0.2, 0) is 21.6 Å². The van der Waals surface area contributed by atoms with Crippen molar-refractivity contribution in [3.8, 4) is 0 Å². The molecule has 7 heteroatoms. The molecule has 1 atom stereocenters. The third-order valence-electron chi connectivity index (χ3n) is 3.62. The maximum atomic E-state index is 11.6. The molecule has 3 aromatic rings. The fourth-order valence-electron chi connectivity index (χ4n) is 2.37.